The van der Waals surface area contributed by atoms with Crippen LogP contribution in [-0.4, -0.2) is 18.8 Å². The molecule has 3 nitrogen and oxygen atoms in total. The van der Waals surface area contributed by atoms with Crippen LogP contribution < -0.4 is 5.73 Å². The first-order valence-corrected chi connectivity index (χ1v) is 5.35. The number of benzene rings is 1. The molecular formula is C9H9ClFNO2S. The fourth-order valence-electron chi connectivity index (χ4n) is 0.865. The fourth-order valence-corrected chi connectivity index (χ4v) is 1.84. The molecule has 0 bridgehead atoms. The van der Waals surface area contributed by atoms with Gasteiger partial charge in [-0.25, -0.2) is 4.39 Å². The highest BCUT2D eigenvalue weighted by Gasteiger charge is 2.09. The summed E-state index contributed by atoms with van der Waals surface area (Å²) < 4.78 is 17.5. The van der Waals surface area contributed by atoms with E-state index in [0.717, 1.165) is 11.8 Å². The van der Waals surface area contributed by atoms with Gasteiger partial charge in [-0.05, 0) is 12.1 Å². The lowest BCUT2D eigenvalue weighted by Crippen LogP contribution is -2.03. The SMILES string of the molecule is COC(=O)CSc1cc(F)c(Cl)cc1N. The molecule has 0 saturated heterocycles. The van der Waals surface area contributed by atoms with Gasteiger partial charge in [-0.2, -0.15) is 0 Å². The van der Waals surface area contributed by atoms with Crippen LogP contribution >= 0.6 is 23.4 Å². The number of carbonyl (C=O) groups is 1. The van der Waals surface area contributed by atoms with Crippen LogP contribution in [0.5, 0.6) is 0 Å². The minimum atomic E-state index is -0.557. The van der Waals surface area contributed by atoms with Gasteiger partial charge >= 0.3 is 5.97 Å². The molecular weight excluding hydrogens is 241 g/mol. The van der Waals surface area contributed by atoms with E-state index >= 15 is 0 Å². The Morgan fingerprint density at radius 3 is 2.93 bits per heavy atom. The van der Waals surface area contributed by atoms with Crippen molar-refractivity contribution in [3.05, 3.63) is 23.0 Å². The molecule has 0 heterocycles. The van der Waals surface area contributed by atoms with E-state index in [-0.39, 0.29) is 10.8 Å². The number of hydrogen-bond donors (Lipinski definition) is 1. The first kappa shape index (κ1) is 12.1. The summed E-state index contributed by atoms with van der Waals surface area (Å²) >= 11 is 6.62. The van der Waals surface area contributed by atoms with Crippen LogP contribution in [0.2, 0.25) is 5.02 Å². The van der Waals surface area contributed by atoms with Gasteiger partial charge in [0.1, 0.15) is 5.82 Å². The third kappa shape index (κ3) is 3.28. The van der Waals surface area contributed by atoms with E-state index in [0.29, 0.717) is 10.6 Å². The second-order valence-electron chi connectivity index (χ2n) is 2.67. The van der Waals surface area contributed by atoms with Gasteiger partial charge in [0.25, 0.3) is 0 Å². The molecule has 0 amide bonds. The zero-order chi connectivity index (χ0) is 11.4. The zero-order valence-corrected chi connectivity index (χ0v) is 9.49. The van der Waals surface area contributed by atoms with Gasteiger partial charge in [0.2, 0.25) is 0 Å². The largest absolute Gasteiger partial charge is 0.468 e. The number of ether oxygens (including phenoxy) is 1. The summed E-state index contributed by atoms with van der Waals surface area (Å²) in [7, 11) is 1.29. The lowest BCUT2D eigenvalue weighted by atomic mass is 10.3. The molecule has 2 N–H and O–H groups in total. The average molecular weight is 250 g/mol. The van der Waals surface area contributed by atoms with Crippen molar-refractivity contribution in [1.82, 2.24) is 0 Å². The maximum atomic E-state index is 13.0. The third-order valence-corrected chi connectivity index (χ3v) is 2.96. The highest BCUT2D eigenvalue weighted by molar-refractivity contribution is 8.00. The second kappa shape index (κ2) is 5.23. The molecule has 15 heavy (non-hydrogen) atoms. The van der Waals surface area contributed by atoms with Crippen LogP contribution in [0.3, 0.4) is 0 Å². The van der Waals surface area contributed by atoms with Crippen molar-refractivity contribution < 1.29 is 13.9 Å². The second-order valence-corrected chi connectivity index (χ2v) is 4.09. The first-order valence-electron chi connectivity index (χ1n) is 3.98. The lowest BCUT2D eigenvalue weighted by Gasteiger charge is -2.05. The van der Waals surface area contributed by atoms with Crippen LogP contribution in [0.4, 0.5) is 10.1 Å². The summed E-state index contributed by atoms with van der Waals surface area (Å²) in [6.07, 6.45) is 0. The van der Waals surface area contributed by atoms with Crippen LogP contribution in [-0.2, 0) is 9.53 Å². The Morgan fingerprint density at radius 2 is 2.33 bits per heavy atom. The number of methoxy groups -OCH3 is 1. The summed E-state index contributed by atoms with van der Waals surface area (Å²) in [6.45, 7) is 0. The maximum Gasteiger partial charge on any atom is 0.315 e. The summed E-state index contributed by atoms with van der Waals surface area (Å²) in [5.41, 5.74) is 5.94. The molecule has 0 unspecified atom stereocenters. The van der Waals surface area contributed by atoms with E-state index in [1.165, 1.54) is 19.2 Å². The van der Waals surface area contributed by atoms with Gasteiger partial charge in [-0.1, -0.05) is 11.6 Å². The molecule has 0 aliphatic heterocycles. The topological polar surface area (TPSA) is 52.3 Å². The maximum absolute atomic E-state index is 13.0. The van der Waals surface area contributed by atoms with Crippen molar-refractivity contribution in [3.8, 4) is 0 Å². The first-order chi connectivity index (χ1) is 7.04. The van der Waals surface area contributed by atoms with Crippen LogP contribution in [0, 0.1) is 5.82 Å². The molecule has 0 aromatic heterocycles. The molecule has 0 aliphatic carbocycles. The number of anilines is 1. The Bertz CT molecular complexity index is 387. The number of nitrogen functional groups attached to an aromatic ring is 1. The molecule has 1 aromatic rings. The number of carbonyl (C=O) groups excluding carboxylic acids is 1. The molecule has 0 aliphatic rings. The highest BCUT2D eigenvalue weighted by atomic mass is 35.5. The normalized spacial score (nSPS) is 10.1. The molecule has 0 atom stereocenters. The Balaban J connectivity index is 2.77. The molecule has 0 fully saturated rings. The van der Waals surface area contributed by atoms with Crippen LogP contribution in [0.25, 0.3) is 0 Å². The van der Waals surface area contributed by atoms with Crippen molar-refractivity contribution in [2.45, 2.75) is 4.90 Å². The van der Waals surface area contributed by atoms with Crippen molar-refractivity contribution in [1.29, 1.82) is 0 Å². The van der Waals surface area contributed by atoms with Gasteiger partial charge in [0.05, 0.1) is 17.9 Å². The zero-order valence-electron chi connectivity index (χ0n) is 7.92. The van der Waals surface area contributed by atoms with E-state index in [4.69, 9.17) is 17.3 Å². The Morgan fingerprint density at radius 1 is 1.67 bits per heavy atom. The van der Waals surface area contributed by atoms with E-state index in [9.17, 15) is 9.18 Å². The third-order valence-electron chi connectivity index (χ3n) is 1.63. The van der Waals surface area contributed by atoms with E-state index < -0.39 is 11.8 Å². The van der Waals surface area contributed by atoms with Crippen LogP contribution in [0.1, 0.15) is 0 Å². The highest BCUT2D eigenvalue weighted by Crippen LogP contribution is 2.29. The minimum Gasteiger partial charge on any atom is -0.468 e. The number of rotatable bonds is 3. The summed E-state index contributed by atoms with van der Waals surface area (Å²) in [6, 6.07) is 2.52. The Hall–Kier alpha value is -0.940. The molecule has 1 rings (SSSR count). The number of thioether (sulfide) groups is 1. The molecule has 6 heteroatoms. The quantitative estimate of drug-likeness (QED) is 0.508. The number of esters is 1. The molecule has 0 spiro atoms. The monoisotopic (exact) mass is 249 g/mol. The van der Waals surface area contributed by atoms with Gasteiger partial charge in [-0.3, -0.25) is 4.79 Å². The smallest absolute Gasteiger partial charge is 0.315 e. The summed E-state index contributed by atoms with van der Waals surface area (Å²) in [4.78, 5) is 11.3. The molecule has 1 aromatic carbocycles. The summed E-state index contributed by atoms with van der Waals surface area (Å²) in [5, 5.41) is -0.0325. The predicted octanol–water partition coefficient (Wildman–Crippen LogP) is 2.33. The van der Waals surface area contributed by atoms with E-state index in [2.05, 4.69) is 4.74 Å². The number of halogens is 2. The van der Waals surface area contributed by atoms with Gasteiger partial charge in [-0.15, -0.1) is 11.8 Å². The summed E-state index contributed by atoms with van der Waals surface area (Å²) in [5.74, 6) is -0.866. The van der Waals surface area contributed by atoms with Crippen molar-refractivity contribution in [3.63, 3.8) is 0 Å². The van der Waals surface area contributed by atoms with Gasteiger partial charge in [0, 0.05) is 10.6 Å². The lowest BCUT2D eigenvalue weighted by molar-refractivity contribution is -0.137. The fraction of sp³-hybridized carbons (Fsp3) is 0.222. The molecule has 82 valence electrons. The van der Waals surface area contributed by atoms with Gasteiger partial charge < -0.3 is 10.5 Å². The Kier molecular flexibility index (Phi) is 4.23. The number of hydrogen-bond acceptors (Lipinski definition) is 4. The van der Waals surface area contributed by atoms with Crippen molar-refractivity contribution >= 4 is 35.0 Å². The minimum absolute atomic E-state index is 0.0325. The molecule has 0 radical (unpaired) electrons. The molecule has 0 saturated carbocycles. The Labute approximate surface area is 95.7 Å². The average Bonchev–Trinajstić information content (AvgIpc) is 2.21. The van der Waals surface area contributed by atoms with Crippen molar-refractivity contribution in [2.24, 2.45) is 0 Å². The van der Waals surface area contributed by atoms with Gasteiger partial charge in [0.15, 0.2) is 0 Å². The predicted molar refractivity (Wildman–Crippen MR) is 58.6 cm³/mol. The number of nitrogens with two attached hydrogens (primary N) is 1. The van der Waals surface area contributed by atoms with E-state index in [1.807, 2.05) is 0 Å². The standard InChI is InChI=1S/C9H9ClFNO2S/c1-14-9(13)4-15-8-3-6(11)5(10)2-7(8)12/h2-3H,4,12H2,1H3. The van der Waals surface area contributed by atoms with Crippen molar-refractivity contribution in [2.75, 3.05) is 18.6 Å². The van der Waals surface area contributed by atoms with E-state index in [1.54, 1.807) is 0 Å². The van der Waals surface area contributed by atoms with Crippen LogP contribution in [0.15, 0.2) is 17.0 Å².